The molecule has 0 unspecified atom stereocenters. The second kappa shape index (κ2) is 5.72. The van der Waals surface area contributed by atoms with Crippen molar-refractivity contribution in [2.45, 2.75) is 6.92 Å². The minimum atomic E-state index is -0.270. The SMILES string of the molecule is Cc1ccccc1/C=N\NC(=O)c1cccnc1. The maximum absolute atomic E-state index is 11.7. The van der Waals surface area contributed by atoms with Gasteiger partial charge in [0, 0.05) is 12.4 Å². The molecule has 0 fully saturated rings. The summed E-state index contributed by atoms with van der Waals surface area (Å²) in [5, 5.41) is 3.93. The molecule has 0 saturated heterocycles. The molecule has 1 heterocycles. The van der Waals surface area contributed by atoms with Crippen molar-refractivity contribution < 1.29 is 4.79 Å². The molecule has 0 bridgehead atoms. The Balaban J connectivity index is 2.00. The van der Waals surface area contributed by atoms with Crippen molar-refractivity contribution >= 4 is 12.1 Å². The Morgan fingerprint density at radius 3 is 2.83 bits per heavy atom. The van der Waals surface area contributed by atoms with Gasteiger partial charge in [-0.05, 0) is 30.2 Å². The number of benzene rings is 1. The van der Waals surface area contributed by atoms with Gasteiger partial charge in [-0.25, -0.2) is 5.43 Å². The lowest BCUT2D eigenvalue weighted by Gasteiger charge is -2.00. The lowest BCUT2D eigenvalue weighted by atomic mass is 10.1. The summed E-state index contributed by atoms with van der Waals surface area (Å²) in [7, 11) is 0. The van der Waals surface area contributed by atoms with Gasteiger partial charge in [0.2, 0.25) is 0 Å². The van der Waals surface area contributed by atoms with Crippen molar-refractivity contribution in [3.8, 4) is 0 Å². The second-order valence-corrected chi connectivity index (χ2v) is 3.80. The molecule has 4 heteroatoms. The molecule has 4 nitrogen and oxygen atoms in total. The summed E-state index contributed by atoms with van der Waals surface area (Å²) in [5.74, 6) is -0.270. The van der Waals surface area contributed by atoms with E-state index >= 15 is 0 Å². The first kappa shape index (κ1) is 12.0. The third-order valence-corrected chi connectivity index (χ3v) is 2.48. The zero-order chi connectivity index (χ0) is 12.8. The molecule has 18 heavy (non-hydrogen) atoms. The van der Waals surface area contributed by atoms with Gasteiger partial charge in [-0.2, -0.15) is 5.10 Å². The Bertz CT molecular complexity index is 564. The van der Waals surface area contributed by atoms with Crippen LogP contribution in [-0.4, -0.2) is 17.1 Å². The van der Waals surface area contributed by atoms with E-state index in [0.29, 0.717) is 5.56 Å². The zero-order valence-corrected chi connectivity index (χ0v) is 10.00. The van der Waals surface area contributed by atoms with Crippen LogP contribution in [0.2, 0.25) is 0 Å². The number of rotatable bonds is 3. The molecule has 1 aromatic carbocycles. The monoisotopic (exact) mass is 239 g/mol. The van der Waals surface area contributed by atoms with E-state index in [1.807, 2.05) is 31.2 Å². The predicted molar refractivity (Wildman–Crippen MR) is 70.5 cm³/mol. The van der Waals surface area contributed by atoms with Crippen LogP contribution in [0.3, 0.4) is 0 Å². The minimum Gasteiger partial charge on any atom is -0.267 e. The summed E-state index contributed by atoms with van der Waals surface area (Å²) in [4.78, 5) is 15.5. The van der Waals surface area contributed by atoms with Crippen LogP contribution in [0.5, 0.6) is 0 Å². The van der Waals surface area contributed by atoms with Crippen LogP contribution in [0, 0.1) is 6.92 Å². The molecule has 0 atom stereocenters. The summed E-state index contributed by atoms with van der Waals surface area (Å²) in [5.41, 5.74) is 5.03. The summed E-state index contributed by atoms with van der Waals surface area (Å²) >= 11 is 0. The van der Waals surface area contributed by atoms with Crippen LogP contribution in [0.1, 0.15) is 21.5 Å². The number of carbonyl (C=O) groups excluding carboxylic acids is 1. The normalized spacial score (nSPS) is 10.5. The molecule has 90 valence electrons. The molecule has 2 rings (SSSR count). The Morgan fingerprint density at radius 2 is 2.11 bits per heavy atom. The van der Waals surface area contributed by atoms with E-state index in [2.05, 4.69) is 15.5 Å². The fourth-order valence-corrected chi connectivity index (χ4v) is 1.45. The number of pyridine rings is 1. The molecular formula is C14H13N3O. The summed E-state index contributed by atoms with van der Waals surface area (Å²) in [6, 6.07) is 11.2. The number of hydrazone groups is 1. The van der Waals surface area contributed by atoms with Crippen LogP contribution in [0.15, 0.2) is 53.9 Å². The number of aryl methyl sites for hydroxylation is 1. The molecule has 0 saturated carbocycles. The standard InChI is InChI=1S/C14H13N3O/c1-11-5-2-3-6-12(11)10-16-17-14(18)13-7-4-8-15-9-13/h2-10H,1H3,(H,17,18)/b16-10-. The highest BCUT2D eigenvalue weighted by molar-refractivity contribution is 5.94. The van der Waals surface area contributed by atoms with Crippen molar-refractivity contribution in [2.75, 3.05) is 0 Å². The molecule has 1 aromatic heterocycles. The summed E-state index contributed by atoms with van der Waals surface area (Å²) in [6.45, 7) is 1.99. The number of aromatic nitrogens is 1. The van der Waals surface area contributed by atoms with Gasteiger partial charge in [0.05, 0.1) is 11.8 Å². The smallest absolute Gasteiger partial charge is 0.267 e. The number of carbonyl (C=O) groups is 1. The van der Waals surface area contributed by atoms with Gasteiger partial charge in [0.15, 0.2) is 0 Å². The highest BCUT2D eigenvalue weighted by Gasteiger charge is 2.02. The van der Waals surface area contributed by atoms with E-state index in [4.69, 9.17) is 0 Å². The molecule has 1 N–H and O–H groups in total. The van der Waals surface area contributed by atoms with Crippen molar-refractivity contribution in [1.29, 1.82) is 0 Å². The van der Waals surface area contributed by atoms with Gasteiger partial charge in [0.25, 0.3) is 5.91 Å². The maximum atomic E-state index is 11.7. The molecule has 1 amide bonds. The first-order valence-electron chi connectivity index (χ1n) is 5.56. The highest BCUT2D eigenvalue weighted by atomic mass is 16.2. The fourth-order valence-electron chi connectivity index (χ4n) is 1.45. The average molecular weight is 239 g/mol. The minimum absolute atomic E-state index is 0.270. The first-order chi connectivity index (χ1) is 8.77. The van der Waals surface area contributed by atoms with Gasteiger partial charge < -0.3 is 0 Å². The average Bonchev–Trinajstić information content (AvgIpc) is 2.42. The van der Waals surface area contributed by atoms with E-state index in [1.165, 1.54) is 6.20 Å². The van der Waals surface area contributed by atoms with Crippen molar-refractivity contribution in [3.05, 3.63) is 65.5 Å². The van der Waals surface area contributed by atoms with Gasteiger partial charge >= 0.3 is 0 Å². The lowest BCUT2D eigenvalue weighted by molar-refractivity contribution is 0.0955. The lowest BCUT2D eigenvalue weighted by Crippen LogP contribution is -2.17. The van der Waals surface area contributed by atoms with Crippen LogP contribution in [0.4, 0.5) is 0 Å². The largest absolute Gasteiger partial charge is 0.272 e. The molecule has 0 aliphatic heterocycles. The molecule has 2 aromatic rings. The Labute approximate surface area is 105 Å². The number of amides is 1. The molecule has 0 aliphatic rings. The van der Waals surface area contributed by atoms with E-state index < -0.39 is 0 Å². The van der Waals surface area contributed by atoms with Crippen LogP contribution >= 0.6 is 0 Å². The number of nitrogens with zero attached hydrogens (tertiary/aromatic N) is 2. The topological polar surface area (TPSA) is 54.4 Å². The molecule has 0 spiro atoms. The van der Waals surface area contributed by atoms with Crippen LogP contribution in [0.25, 0.3) is 0 Å². The highest BCUT2D eigenvalue weighted by Crippen LogP contribution is 2.03. The van der Waals surface area contributed by atoms with Gasteiger partial charge in [-0.15, -0.1) is 0 Å². The van der Waals surface area contributed by atoms with E-state index in [0.717, 1.165) is 11.1 Å². The van der Waals surface area contributed by atoms with Gasteiger partial charge in [0.1, 0.15) is 0 Å². The summed E-state index contributed by atoms with van der Waals surface area (Å²) < 4.78 is 0. The van der Waals surface area contributed by atoms with E-state index in [9.17, 15) is 4.79 Å². The Morgan fingerprint density at radius 1 is 1.28 bits per heavy atom. The summed E-state index contributed by atoms with van der Waals surface area (Å²) in [6.07, 6.45) is 4.75. The van der Waals surface area contributed by atoms with Crippen molar-refractivity contribution in [2.24, 2.45) is 5.10 Å². The second-order valence-electron chi connectivity index (χ2n) is 3.80. The number of nitrogens with one attached hydrogen (secondary N) is 1. The first-order valence-corrected chi connectivity index (χ1v) is 5.56. The van der Waals surface area contributed by atoms with Gasteiger partial charge in [-0.1, -0.05) is 24.3 Å². The maximum Gasteiger partial charge on any atom is 0.272 e. The molecular weight excluding hydrogens is 226 g/mol. The zero-order valence-electron chi connectivity index (χ0n) is 10.00. The number of hydrogen-bond donors (Lipinski definition) is 1. The Kier molecular flexibility index (Phi) is 3.81. The van der Waals surface area contributed by atoms with E-state index in [1.54, 1.807) is 24.5 Å². The van der Waals surface area contributed by atoms with Crippen molar-refractivity contribution in [3.63, 3.8) is 0 Å². The van der Waals surface area contributed by atoms with Crippen LogP contribution in [-0.2, 0) is 0 Å². The van der Waals surface area contributed by atoms with Crippen LogP contribution < -0.4 is 5.43 Å². The predicted octanol–water partition coefficient (Wildman–Crippen LogP) is 2.15. The molecule has 0 radical (unpaired) electrons. The number of hydrogen-bond acceptors (Lipinski definition) is 3. The third-order valence-electron chi connectivity index (χ3n) is 2.48. The van der Waals surface area contributed by atoms with E-state index in [-0.39, 0.29) is 5.91 Å². The Hall–Kier alpha value is -2.49. The van der Waals surface area contributed by atoms with Crippen molar-refractivity contribution in [1.82, 2.24) is 10.4 Å². The molecule has 0 aliphatic carbocycles. The quantitative estimate of drug-likeness (QED) is 0.659. The fraction of sp³-hybridized carbons (Fsp3) is 0.0714. The van der Waals surface area contributed by atoms with Gasteiger partial charge in [-0.3, -0.25) is 9.78 Å². The third kappa shape index (κ3) is 3.01.